The predicted octanol–water partition coefficient (Wildman–Crippen LogP) is 3.48. The van der Waals surface area contributed by atoms with Crippen molar-refractivity contribution in [2.45, 2.75) is 26.8 Å². The van der Waals surface area contributed by atoms with E-state index in [-0.39, 0.29) is 11.9 Å². The second-order valence-corrected chi connectivity index (χ2v) is 7.34. The number of fused-ring (bicyclic) bond motifs is 1. The molecule has 1 amide bonds. The van der Waals surface area contributed by atoms with E-state index in [1.54, 1.807) is 17.1 Å². The maximum absolute atomic E-state index is 13.2. The van der Waals surface area contributed by atoms with Crippen molar-refractivity contribution in [2.75, 3.05) is 0 Å². The highest BCUT2D eigenvalue weighted by Gasteiger charge is 2.19. The Labute approximate surface area is 169 Å². The number of benzene rings is 1. The number of nitrogens with one attached hydrogen (secondary N) is 1. The number of hydrogen-bond acceptors (Lipinski definition) is 4. The summed E-state index contributed by atoms with van der Waals surface area (Å²) in [6, 6.07) is 9.40. The molecule has 0 spiro atoms. The van der Waals surface area contributed by atoms with Gasteiger partial charge in [-0.25, -0.2) is 4.98 Å². The zero-order valence-corrected chi connectivity index (χ0v) is 17.3. The van der Waals surface area contributed by atoms with E-state index in [0.717, 1.165) is 39.1 Å². The number of aryl methyl sites for hydroxylation is 2. The summed E-state index contributed by atoms with van der Waals surface area (Å²) in [6.07, 6.45) is 3.59. The molecule has 3 aromatic heterocycles. The molecule has 7 nitrogen and oxygen atoms in total. The molecule has 0 radical (unpaired) electrons. The first-order valence-corrected chi connectivity index (χ1v) is 9.55. The zero-order chi connectivity index (χ0) is 20.7. The van der Waals surface area contributed by atoms with Gasteiger partial charge in [0.25, 0.3) is 5.91 Å². The molecule has 0 aliphatic heterocycles. The van der Waals surface area contributed by atoms with E-state index >= 15 is 0 Å². The molecule has 0 fully saturated rings. The molecule has 4 rings (SSSR count). The van der Waals surface area contributed by atoms with Gasteiger partial charge >= 0.3 is 0 Å². The van der Waals surface area contributed by atoms with Crippen LogP contribution in [0.1, 0.15) is 40.3 Å². The van der Waals surface area contributed by atoms with Crippen LogP contribution in [0.4, 0.5) is 0 Å². The fourth-order valence-corrected chi connectivity index (χ4v) is 3.54. The molecule has 148 valence electrons. The Morgan fingerprint density at radius 1 is 1.03 bits per heavy atom. The summed E-state index contributed by atoms with van der Waals surface area (Å²) < 4.78 is 3.61. The molecule has 3 heterocycles. The fourth-order valence-electron chi connectivity index (χ4n) is 3.54. The lowest BCUT2D eigenvalue weighted by atomic mass is 10.0. The van der Waals surface area contributed by atoms with Crippen LogP contribution in [-0.4, -0.2) is 30.5 Å². The number of hydrogen-bond donors (Lipinski definition) is 1. The largest absolute Gasteiger partial charge is 0.345 e. The Kier molecular flexibility index (Phi) is 4.66. The lowest BCUT2D eigenvalue weighted by molar-refractivity contribution is 0.0941. The summed E-state index contributed by atoms with van der Waals surface area (Å²) >= 11 is 0. The minimum absolute atomic E-state index is 0.137. The van der Waals surface area contributed by atoms with Gasteiger partial charge in [0.15, 0.2) is 0 Å². The number of aromatic nitrogens is 5. The molecule has 0 aliphatic rings. The van der Waals surface area contributed by atoms with Crippen LogP contribution >= 0.6 is 0 Å². The van der Waals surface area contributed by atoms with Crippen molar-refractivity contribution < 1.29 is 4.79 Å². The van der Waals surface area contributed by atoms with Gasteiger partial charge in [-0.15, -0.1) is 0 Å². The Balaban J connectivity index is 1.76. The quantitative estimate of drug-likeness (QED) is 0.581. The summed E-state index contributed by atoms with van der Waals surface area (Å²) in [5, 5.41) is 12.5. The highest BCUT2D eigenvalue weighted by Crippen LogP contribution is 2.27. The number of carbonyl (C=O) groups is 1. The van der Waals surface area contributed by atoms with Crippen LogP contribution in [0.3, 0.4) is 0 Å². The normalized spacial score (nSPS) is 12.3. The Morgan fingerprint density at radius 2 is 1.72 bits per heavy atom. The minimum Gasteiger partial charge on any atom is -0.345 e. The van der Waals surface area contributed by atoms with Crippen molar-refractivity contribution in [2.24, 2.45) is 14.1 Å². The Bertz CT molecular complexity index is 1220. The Morgan fingerprint density at radius 3 is 2.38 bits per heavy atom. The minimum atomic E-state index is -0.160. The van der Waals surface area contributed by atoms with Gasteiger partial charge in [0.1, 0.15) is 0 Å². The number of amides is 1. The number of nitrogens with zero attached hydrogens (tertiary/aromatic N) is 5. The third-order valence-electron chi connectivity index (χ3n) is 5.56. The molecule has 7 heteroatoms. The van der Waals surface area contributed by atoms with Crippen LogP contribution in [0.15, 0.2) is 42.7 Å². The second-order valence-electron chi connectivity index (χ2n) is 7.34. The van der Waals surface area contributed by atoms with Crippen molar-refractivity contribution in [1.82, 2.24) is 29.9 Å². The average Bonchev–Trinajstić information content (AvgIpc) is 3.22. The van der Waals surface area contributed by atoms with Crippen molar-refractivity contribution in [3.05, 3.63) is 65.2 Å². The van der Waals surface area contributed by atoms with Crippen LogP contribution in [0, 0.1) is 13.8 Å². The van der Waals surface area contributed by atoms with Gasteiger partial charge in [0, 0.05) is 42.0 Å². The van der Waals surface area contributed by atoms with Crippen molar-refractivity contribution in [3.8, 4) is 11.3 Å². The predicted molar refractivity (Wildman–Crippen MR) is 113 cm³/mol. The monoisotopic (exact) mass is 388 g/mol. The molecule has 1 N–H and O–H groups in total. The first-order valence-electron chi connectivity index (χ1n) is 9.55. The molecule has 1 aromatic carbocycles. The van der Waals surface area contributed by atoms with Crippen molar-refractivity contribution in [1.29, 1.82) is 0 Å². The molecule has 0 saturated heterocycles. The molecule has 1 unspecified atom stereocenters. The van der Waals surface area contributed by atoms with Gasteiger partial charge in [-0.3, -0.25) is 14.2 Å². The first-order chi connectivity index (χ1) is 13.9. The van der Waals surface area contributed by atoms with E-state index in [1.165, 1.54) is 0 Å². The van der Waals surface area contributed by atoms with Crippen LogP contribution in [0.25, 0.3) is 22.2 Å². The van der Waals surface area contributed by atoms with Gasteiger partial charge in [0.2, 0.25) is 0 Å². The third kappa shape index (κ3) is 3.29. The average molecular weight is 388 g/mol. The highest BCUT2D eigenvalue weighted by molar-refractivity contribution is 6.07. The number of rotatable bonds is 4. The maximum atomic E-state index is 13.2. The highest BCUT2D eigenvalue weighted by atomic mass is 16.1. The van der Waals surface area contributed by atoms with Crippen LogP contribution in [0.2, 0.25) is 0 Å². The van der Waals surface area contributed by atoms with E-state index in [9.17, 15) is 4.79 Å². The van der Waals surface area contributed by atoms with E-state index in [1.807, 2.05) is 69.9 Å². The summed E-state index contributed by atoms with van der Waals surface area (Å²) in [7, 11) is 3.79. The lowest BCUT2D eigenvalue weighted by Gasteiger charge is -2.15. The number of pyridine rings is 1. The Hall–Kier alpha value is -3.48. The number of para-hydroxylation sites is 1. The summed E-state index contributed by atoms with van der Waals surface area (Å²) in [5.41, 5.74) is 6.07. The van der Waals surface area contributed by atoms with E-state index in [0.29, 0.717) is 5.56 Å². The van der Waals surface area contributed by atoms with Crippen molar-refractivity contribution >= 4 is 16.8 Å². The lowest BCUT2D eigenvalue weighted by Crippen LogP contribution is -2.27. The van der Waals surface area contributed by atoms with Gasteiger partial charge < -0.3 is 5.32 Å². The molecular weight excluding hydrogens is 364 g/mol. The fraction of sp³-hybridized carbons (Fsp3) is 0.273. The smallest absolute Gasteiger partial charge is 0.252 e. The van der Waals surface area contributed by atoms with E-state index < -0.39 is 0 Å². The molecule has 4 aromatic rings. The first kappa shape index (κ1) is 18.9. The molecule has 1 atom stereocenters. The van der Waals surface area contributed by atoms with Gasteiger partial charge in [-0.2, -0.15) is 10.2 Å². The summed E-state index contributed by atoms with van der Waals surface area (Å²) in [6.45, 7) is 5.96. The van der Waals surface area contributed by atoms with Crippen LogP contribution in [0.5, 0.6) is 0 Å². The van der Waals surface area contributed by atoms with E-state index in [4.69, 9.17) is 4.98 Å². The molecule has 29 heavy (non-hydrogen) atoms. The number of carbonyl (C=O) groups excluding carboxylic acids is 1. The van der Waals surface area contributed by atoms with Gasteiger partial charge in [0.05, 0.1) is 35.2 Å². The maximum Gasteiger partial charge on any atom is 0.252 e. The summed E-state index contributed by atoms with van der Waals surface area (Å²) in [5.74, 6) is -0.137. The molecular formula is C22H24N6O. The third-order valence-corrected chi connectivity index (χ3v) is 5.56. The molecule has 0 saturated carbocycles. The SMILES string of the molecule is Cc1c(-c2cc(C(=O)NC(C)c3cnn(C)c3C)c3ccccc3n2)cnn1C. The van der Waals surface area contributed by atoms with E-state index in [2.05, 4.69) is 15.5 Å². The molecule has 0 aliphatic carbocycles. The van der Waals surface area contributed by atoms with Crippen LogP contribution < -0.4 is 5.32 Å². The van der Waals surface area contributed by atoms with Crippen molar-refractivity contribution in [3.63, 3.8) is 0 Å². The van der Waals surface area contributed by atoms with Gasteiger partial charge in [-0.05, 0) is 32.9 Å². The topological polar surface area (TPSA) is 77.6 Å². The standard InChI is InChI=1S/C22H24N6O/c1-13(18-11-23-27(4)14(18)2)25-22(29)17-10-21(19-12-24-28(5)15(19)3)26-20-9-7-6-8-16(17)20/h6-13H,1-5H3,(H,25,29). The zero-order valence-electron chi connectivity index (χ0n) is 17.3. The second kappa shape index (κ2) is 7.16. The van der Waals surface area contributed by atoms with Gasteiger partial charge in [-0.1, -0.05) is 18.2 Å². The summed E-state index contributed by atoms with van der Waals surface area (Å²) in [4.78, 5) is 18.0. The molecule has 0 bridgehead atoms. The van der Waals surface area contributed by atoms with Crippen LogP contribution in [-0.2, 0) is 14.1 Å².